The summed E-state index contributed by atoms with van der Waals surface area (Å²) in [4.78, 5) is 46.6. The number of nitrogens with one attached hydrogen (secondary N) is 1. The second-order valence-corrected chi connectivity index (χ2v) is 8.90. The van der Waals surface area contributed by atoms with Gasteiger partial charge in [0.25, 0.3) is 5.91 Å². The molecule has 3 aromatic rings. The van der Waals surface area contributed by atoms with Crippen molar-refractivity contribution in [3.05, 3.63) is 65.9 Å². The Balaban J connectivity index is 1.30. The smallest absolute Gasteiger partial charge is 0.257 e. The summed E-state index contributed by atoms with van der Waals surface area (Å²) in [7, 11) is 0. The van der Waals surface area contributed by atoms with Gasteiger partial charge < -0.3 is 10.2 Å². The number of anilines is 2. The number of hydrogen-bond donors (Lipinski definition) is 1. The Hall–Kier alpha value is -3.74. The van der Waals surface area contributed by atoms with Gasteiger partial charge in [0.2, 0.25) is 11.8 Å². The fourth-order valence-corrected chi connectivity index (χ4v) is 5.07. The van der Waals surface area contributed by atoms with Crippen molar-refractivity contribution < 1.29 is 14.4 Å². The van der Waals surface area contributed by atoms with Crippen molar-refractivity contribution in [3.8, 4) is 0 Å². The maximum absolute atomic E-state index is 13.3. The number of carbonyl (C=O) groups excluding carboxylic acids is 3. The van der Waals surface area contributed by atoms with Crippen LogP contribution >= 0.6 is 0 Å². The minimum absolute atomic E-state index is 0.0278. The van der Waals surface area contributed by atoms with Crippen LogP contribution in [0.25, 0.3) is 10.9 Å². The highest BCUT2D eigenvalue weighted by atomic mass is 16.2. The van der Waals surface area contributed by atoms with Gasteiger partial charge in [-0.3, -0.25) is 24.3 Å². The van der Waals surface area contributed by atoms with E-state index in [0.29, 0.717) is 37.1 Å². The monoisotopic (exact) mass is 442 g/mol. The van der Waals surface area contributed by atoms with E-state index in [9.17, 15) is 14.4 Å². The maximum Gasteiger partial charge on any atom is 0.257 e. The summed E-state index contributed by atoms with van der Waals surface area (Å²) in [5.41, 5.74) is 3.17. The van der Waals surface area contributed by atoms with E-state index in [-0.39, 0.29) is 24.1 Å². The number of fused-ring (bicyclic) bond motifs is 4. The van der Waals surface area contributed by atoms with Crippen LogP contribution in [0.3, 0.4) is 0 Å². The van der Waals surface area contributed by atoms with E-state index in [4.69, 9.17) is 0 Å². The number of hydrogen-bond acceptors (Lipinski definition) is 4. The summed E-state index contributed by atoms with van der Waals surface area (Å²) < 4.78 is 0. The summed E-state index contributed by atoms with van der Waals surface area (Å²) in [6, 6.07) is 14.9. The van der Waals surface area contributed by atoms with E-state index in [1.54, 1.807) is 22.1 Å². The second-order valence-electron chi connectivity index (χ2n) is 8.90. The second kappa shape index (κ2) is 7.99. The molecule has 2 aromatic carbocycles. The molecule has 1 unspecified atom stereocenters. The molecule has 168 valence electrons. The van der Waals surface area contributed by atoms with Crippen molar-refractivity contribution in [1.82, 2.24) is 9.88 Å². The molecule has 2 aliphatic heterocycles. The van der Waals surface area contributed by atoms with Gasteiger partial charge in [-0.15, -0.1) is 0 Å². The average molecular weight is 443 g/mol. The van der Waals surface area contributed by atoms with E-state index >= 15 is 0 Å². The van der Waals surface area contributed by atoms with E-state index in [2.05, 4.69) is 10.3 Å². The molecule has 0 radical (unpaired) electrons. The molecule has 3 heterocycles. The number of nitrogens with zero attached hydrogens (tertiary/aromatic N) is 3. The predicted octanol–water partition coefficient (Wildman–Crippen LogP) is 4.26. The zero-order valence-corrected chi connectivity index (χ0v) is 18.8. The number of aromatic nitrogens is 1. The highest BCUT2D eigenvalue weighted by Gasteiger charge is 2.52. The van der Waals surface area contributed by atoms with Gasteiger partial charge in [0.05, 0.1) is 22.5 Å². The van der Waals surface area contributed by atoms with Gasteiger partial charge >= 0.3 is 0 Å². The molecule has 7 heteroatoms. The summed E-state index contributed by atoms with van der Waals surface area (Å²) >= 11 is 0. The lowest BCUT2D eigenvalue weighted by molar-refractivity contribution is -0.118. The van der Waals surface area contributed by atoms with E-state index in [0.717, 1.165) is 22.2 Å². The Morgan fingerprint density at radius 3 is 2.79 bits per heavy atom. The maximum atomic E-state index is 13.3. The molecular weight excluding hydrogens is 416 g/mol. The Morgan fingerprint density at radius 1 is 1.12 bits per heavy atom. The zero-order valence-electron chi connectivity index (χ0n) is 18.8. The third kappa shape index (κ3) is 3.44. The largest absolute Gasteiger partial charge is 0.325 e. The van der Waals surface area contributed by atoms with Crippen LogP contribution in [-0.2, 0) is 9.59 Å². The van der Waals surface area contributed by atoms with Crippen LogP contribution in [0.15, 0.2) is 54.7 Å². The molecule has 3 amide bonds. The van der Waals surface area contributed by atoms with Crippen molar-refractivity contribution >= 4 is 40.0 Å². The van der Waals surface area contributed by atoms with Crippen LogP contribution in [0.4, 0.5) is 11.4 Å². The fourth-order valence-electron chi connectivity index (χ4n) is 5.07. The van der Waals surface area contributed by atoms with Gasteiger partial charge in [0.1, 0.15) is 5.66 Å². The normalized spacial score (nSPS) is 19.6. The number of aryl methyl sites for hydroxylation is 1. The predicted molar refractivity (Wildman–Crippen MR) is 127 cm³/mol. The van der Waals surface area contributed by atoms with Crippen LogP contribution < -0.4 is 10.2 Å². The number of benzene rings is 2. The van der Waals surface area contributed by atoms with Gasteiger partial charge in [-0.05, 0) is 62.6 Å². The highest BCUT2D eigenvalue weighted by molar-refractivity contribution is 6.10. The molecule has 0 aliphatic carbocycles. The van der Waals surface area contributed by atoms with Crippen LogP contribution in [-0.4, -0.2) is 39.8 Å². The molecule has 1 saturated heterocycles. The van der Waals surface area contributed by atoms with Crippen LogP contribution in [0.2, 0.25) is 0 Å². The standard InChI is InChI=1S/C26H26N4O3/c1-17-11-12-20(18-8-5-15-27-24(17)18)28-22(31)10-6-16-29-25(33)19-7-3-4-9-21(19)30-23(32)13-14-26(29,30)2/h3-5,7-9,11-12,15H,6,10,13-14,16H2,1-2H3,(H,28,31). The summed E-state index contributed by atoms with van der Waals surface area (Å²) in [5, 5.41) is 3.90. The highest BCUT2D eigenvalue weighted by Crippen LogP contribution is 2.44. The number of para-hydroxylation sites is 1. The number of carbonyl (C=O) groups is 3. The molecule has 7 nitrogen and oxygen atoms in total. The Labute approximate surface area is 192 Å². The average Bonchev–Trinajstić information content (AvgIpc) is 3.13. The SMILES string of the molecule is Cc1ccc(NC(=O)CCCN2C(=O)c3ccccc3N3C(=O)CCC23C)c2cccnc12. The summed E-state index contributed by atoms with van der Waals surface area (Å²) in [6.07, 6.45) is 3.50. The van der Waals surface area contributed by atoms with Crippen LogP contribution in [0.1, 0.15) is 48.5 Å². The van der Waals surface area contributed by atoms with Crippen molar-refractivity contribution in [1.29, 1.82) is 0 Å². The third-order valence-electron chi connectivity index (χ3n) is 6.78. The van der Waals surface area contributed by atoms with Gasteiger partial charge in [0.15, 0.2) is 0 Å². The van der Waals surface area contributed by atoms with Crippen LogP contribution in [0, 0.1) is 6.92 Å². The number of rotatable bonds is 5. The first-order valence-electron chi connectivity index (χ1n) is 11.3. The minimum Gasteiger partial charge on any atom is -0.325 e. The van der Waals surface area contributed by atoms with Crippen LogP contribution in [0.5, 0.6) is 0 Å². The minimum atomic E-state index is -0.697. The molecule has 0 saturated carbocycles. The third-order valence-corrected chi connectivity index (χ3v) is 6.78. The van der Waals surface area contributed by atoms with Gasteiger partial charge in [0, 0.05) is 31.0 Å². The molecule has 33 heavy (non-hydrogen) atoms. The number of amides is 3. The fraction of sp³-hybridized carbons (Fsp3) is 0.308. The lowest BCUT2D eigenvalue weighted by atomic mass is 9.98. The lowest BCUT2D eigenvalue weighted by Crippen LogP contribution is -2.62. The van der Waals surface area contributed by atoms with Gasteiger partial charge in [-0.1, -0.05) is 18.2 Å². The first-order chi connectivity index (χ1) is 15.9. The molecule has 1 atom stereocenters. The molecule has 2 aliphatic rings. The van der Waals surface area contributed by atoms with E-state index < -0.39 is 5.66 Å². The lowest BCUT2D eigenvalue weighted by Gasteiger charge is -2.48. The van der Waals surface area contributed by atoms with Crippen molar-refractivity contribution in [2.75, 3.05) is 16.8 Å². The zero-order chi connectivity index (χ0) is 23.2. The first-order valence-corrected chi connectivity index (χ1v) is 11.3. The van der Waals surface area contributed by atoms with Crippen molar-refractivity contribution in [2.24, 2.45) is 0 Å². The van der Waals surface area contributed by atoms with E-state index in [1.165, 1.54) is 0 Å². The van der Waals surface area contributed by atoms with Gasteiger partial charge in [-0.2, -0.15) is 0 Å². The quantitative estimate of drug-likeness (QED) is 0.640. The summed E-state index contributed by atoms with van der Waals surface area (Å²) in [5.74, 6) is -0.173. The van der Waals surface area contributed by atoms with Crippen molar-refractivity contribution in [2.45, 2.75) is 45.2 Å². The Bertz CT molecular complexity index is 1290. The first kappa shape index (κ1) is 21.1. The Kier molecular flexibility index (Phi) is 5.12. The Morgan fingerprint density at radius 2 is 1.94 bits per heavy atom. The molecular formula is C26H26N4O3. The summed E-state index contributed by atoms with van der Waals surface area (Å²) in [6.45, 7) is 4.33. The molecule has 0 spiro atoms. The van der Waals surface area contributed by atoms with Crippen molar-refractivity contribution in [3.63, 3.8) is 0 Å². The number of pyridine rings is 1. The molecule has 0 bridgehead atoms. The topological polar surface area (TPSA) is 82.6 Å². The molecule has 5 rings (SSSR count). The molecule has 1 fully saturated rings. The molecule has 1 N–H and O–H groups in total. The molecule has 1 aromatic heterocycles. The van der Waals surface area contributed by atoms with Gasteiger partial charge in [-0.25, -0.2) is 0 Å². The van der Waals surface area contributed by atoms with E-state index in [1.807, 2.05) is 56.3 Å².